The Morgan fingerprint density at radius 1 is 1.00 bits per heavy atom. The molecular weight excluding hydrogens is 213 g/mol. The maximum absolute atomic E-state index is 8.75. The van der Waals surface area contributed by atoms with E-state index in [-0.39, 0.29) is 19.3 Å². The Morgan fingerprint density at radius 3 is 1.82 bits per heavy atom. The van der Waals surface area contributed by atoms with Gasteiger partial charge in [0.2, 0.25) is 0 Å². The number of rotatable bonds is 5. The van der Waals surface area contributed by atoms with Gasteiger partial charge in [-0.15, -0.1) is 0 Å². The highest BCUT2D eigenvalue weighted by Gasteiger charge is 2.23. The summed E-state index contributed by atoms with van der Waals surface area (Å²) in [4.78, 5) is 0. The van der Waals surface area contributed by atoms with E-state index in [1.165, 1.54) is 0 Å². The summed E-state index contributed by atoms with van der Waals surface area (Å²) in [5.74, 6) is 0. The predicted octanol–water partition coefficient (Wildman–Crippen LogP) is 2.10. The normalized spacial score (nSPS) is 10.6. The number of nitriles is 1. The van der Waals surface area contributed by atoms with Crippen LogP contribution < -0.4 is 5.46 Å². The van der Waals surface area contributed by atoms with Crippen LogP contribution in [-0.2, 0) is 9.31 Å². The Hall–Kier alpha value is -1.31. The Balaban J connectivity index is 2.84. The van der Waals surface area contributed by atoms with Crippen LogP contribution in [0.1, 0.15) is 33.3 Å². The number of hydrogen-bond donors (Lipinski definition) is 0. The molecule has 3 nitrogen and oxygen atoms in total. The van der Waals surface area contributed by atoms with Crippen LogP contribution >= 0.6 is 0 Å². The third-order valence-corrected chi connectivity index (χ3v) is 2.10. The number of nitrogens with zero attached hydrogens (tertiary/aromatic N) is 1. The van der Waals surface area contributed by atoms with Gasteiger partial charge in [0.05, 0.1) is 11.6 Å². The van der Waals surface area contributed by atoms with E-state index in [0.29, 0.717) is 5.56 Å². The van der Waals surface area contributed by atoms with Gasteiger partial charge in [-0.2, -0.15) is 5.26 Å². The van der Waals surface area contributed by atoms with Crippen molar-refractivity contribution in [3.05, 3.63) is 29.8 Å². The number of hydrogen-bond acceptors (Lipinski definition) is 3. The van der Waals surface area contributed by atoms with Crippen molar-refractivity contribution in [3.8, 4) is 6.07 Å². The van der Waals surface area contributed by atoms with E-state index >= 15 is 0 Å². The standard InChI is InChI=1S/C13H18BNO2/c1-10(2)16-14(17-11(3)4)13-7-5-12(9-15)6-8-13/h5-8,10-11H,1-4H3. The first-order valence-corrected chi connectivity index (χ1v) is 5.84. The molecule has 0 aromatic heterocycles. The summed E-state index contributed by atoms with van der Waals surface area (Å²) in [5, 5.41) is 8.75. The van der Waals surface area contributed by atoms with Crippen molar-refractivity contribution < 1.29 is 9.31 Å². The Labute approximate surface area is 103 Å². The zero-order valence-electron chi connectivity index (χ0n) is 10.8. The van der Waals surface area contributed by atoms with Gasteiger partial charge in [-0.3, -0.25) is 0 Å². The molecule has 0 unspecified atom stereocenters. The molecule has 0 aliphatic heterocycles. The van der Waals surface area contributed by atoms with Crippen molar-refractivity contribution in [2.45, 2.75) is 39.9 Å². The maximum Gasteiger partial charge on any atom is 0.494 e. The molecule has 0 saturated carbocycles. The predicted molar refractivity (Wildman–Crippen MR) is 69.0 cm³/mol. The molecule has 0 amide bonds. The molecule has 0 aliphatic rings. The van der Waals surface area contributed by atoms with E-state index in [1.807, 2.05) is 39.8 Å². The van der Waals surface area contributed by atoms with E-state index in [4.69, 9.17) is 14.6 Å². The molecule has 0 radical (unpaired) electrons. The van der Waals surface area contributed by atoms with Gasteiger partial charge in [-0.1, -0.05) is 12.1 Å². The summed E-state index contributed by atoms with van der Waals surface area (Å²) in [5.41, 5.74) is 1.58. The van der Waals surface area contributed by atoms with Gasteiger partial charge in [0.1, 0.15) is 0 Å². The molecule has 0 fully saturated rings. The zero-order chi connectivity index (χ0) is 12.8. The summed E-state index contributed by atoms with van der Waals surface area (Å²) >= 11 is 0. The summed E-state index contributed by atoms with van der Waals surface area (Å²) in [6.07, 6.45) is 0.184. The van der Waals surface area contributed by atoms with Gasteiger partial charge >= 0.3 is 7.12 Å². The van der Waals surface area contributed by atoms with Crippen LogP contribution in [0.2, 0.25) is 0 Å². The fourth-order valence-electron chi connectivity index (χ4n) is 1.40. The van der Waals surface area contributed by atoms with Crippen molar-refractivity contribution in [1.29, 1.82) is 5.26 Å². The van der Waals surface area contributed by atoms with Crippen molar-refractivity contribution >= 4 is 12.6 Å². The first kappa shape index (κ1) is 13.8. The SMILES string of the molecule is CC(C)OB(OC(C)C)c1ccc(C#N)cc1. The molecule has 0 heterocycles. The fourth-order valence-corrected chi connectivity index (χ4v) is 1.40. The molecule has 4 heteroatoms. The van der Waals surface area contributed by atoms with Gasteiger partial charge in [-0.25, -0.2) is 0 Å². The highest BCUT2D eigenvalue weighted by atomic mass is 16.6. The first-order chi connectivity index (χ1) is 8.02. The second-order valence-corrected chi connectivity index (χ2v) is 4.44. The molecule has 1 aromatic rings. The Morgan fingerprint density at radius 2 is 1.47 bits per heavy atom. The van der Waals surface area contributed by atoms with Gasteiger partial charge in [0.25, 0.3) is 0 Å². The second-order valence-electron chi connectivity index (χ2n) is 4.44. The van der Waals surface area contributed by atoms with Crippen LogP contribution in [0.3, 0.4) is 0 Å². The minimum atomic E-state index is -0.372. The van der Waals surface area contributed by atoms with E-state index < -0.39 is 0 Å². The minimum Gasteiger partial charge on any atom is -0.405 e. The molecule has 0 N–H and O–H groups in total. The second kappa shape index (κ2) is 6.44. The van der Waals surface area contributed by atoms with Gasteiger partial charge < -0.3 is 9.31 Å². The average molecular weight is 231 g/mol. The monoisotopic (exact) mass is 231 g/mol. The zero-order valence-corrected chi connectivity index (χ0v) is 10.8. The Bertz CT molecular complexity index is 371. The molecule has 0 aliphatic carbocycles. The molecule has 0 bridgehead atoms. The third kappa shape index (κ3) is 4.60. The lowest BCUT2D eigenvalue weighted by atomic mass is 9.78. The molecule has 1 aromatic carbocycles. The van der Waals surface area contributed by atoms with Gasteiger partial charge in [0.15, 0.2) is 0 Å². The molecule has 17 heavy (non-hydrogen) atoms. The van der Waals surface area contributed by atoms with E-state index in [2.05, 4.69) is 6.07 Å². The smallest absolute Gasteiger partial charge is 0.405 e. The lowest BCUT2D eigenvalue weighted by molar-refractivity contribution is 0.139. The van der Waals surface area contributed by atoms with Gasteiger partial charge in [-0.05, 0) is 45.3 Å². The molecule has 1 rings (SSSR count). The third-order valence-electron chi connectivity index (χ3n) is 2.10. The summed E-state index contributed by atoms with van der Waals surface area (Å²) in [6.45, 7) is 7.89. The number of benzene rings is 1. The van der Waals surface area contributed by atoms with E-state index in [9.17, 15) is 0 Å². The van der Waals surface area contributed by atoms with E-state index in [0.717, 1.165) is 5.46 Å². The first-order valence-electron chi connectivity index (χ1n) is 5.84. The molecule has 90 valence electrons. The average Bonchev–Trinajstić information content (AvgIpc) is 2.27. The van der Waals surface area contributed by atoms with Crippen LogP contribution in [0, 0.1) is 11.3 Å². The Kier molecular flexibility index (Phi) is 5.21. The molecule has 0 spiro atoms. The summed E-state index contributed by atoms with van der Waals surface area (Å²) in [6, 6.07) is 9.38. The van der Waals surface area contributed by atoms with Crippen molar-refractivity contribution in [3.63, 3.8) is 0 Å². The van der Waals surface area contributed by atoms with Gasteiger partial charge in [0, 0.05) is 12.2 Å². The van der Waals surface area contributed by atoms with Crippen molar-refractivity contribution in [2.24, 2.45) is 0 Å². The van der Waals surface area contributed by atoms with Crippen LogP contribution in [0.15, 0.2) is 24.3 Å². The summed E-state index contributed by atoms with van der Waals surface area (Å²) < 4.78 is 11.4. The van der Waals surface area contributed by atoms with Crippen molar-refractivity contribution in [2.75, 3.05) is 0 Å². The quantitative estimate of drug-likeness (QED) is 0.728. The topological polar surface area (TPSA) is 42.2 Å². The van der Waals surface area contributed by atoms with Crippen LogP contribution in [0.5, 0.6) is 0 Å². The highest BCUT2D eigenvalue weighted by molar-refractivity contribution is 6.61. The molecule has 0 atom stereocenters. The van der Waals surface area contributed by atoms with Crippen LogP contribution in [-0.4, -0.2) is 19.3 Å². The lowest BCUT2D eigenvalue weighted by Crippen LogP contribution is -2.40. The molecule has 0 saturated heterocycles. The largest absolute Gasteiger partial charge is 0.494 e. The maximum atomic E-state index is 8.75. The van der Waals surface area contributed by atoms with E-state index in [1.54, 1.807) is 12.1 Å². The highest BCUT2D eigenvalue weighted by Crippen LogP contribution is 2.03. The van der Waals surface area contributed by atoms with Crippen molar-refractivity contribution in [1.82, 2.24) is 0 Å². The lowest BCUT2D eigenvalue weighted by Gasteiger charge is -2.19. The summed E-state index contributed by atoms with van der Waals surface area (Å²) in [7, 11) is -0.372. The van der Waals surface area contributed by atoms with Crippen LogP contribution in [0.4, 0.5) is 0 Å². The van der Waals surface area contributed by atoms with Crippen LogP contribution in [0.25, 0.3) is 0 Å². The minimum absolute atomic E-state index is 0.0920. The fraction of sp³-hybridized carbons (Fsp3) is 0.462. The molecular formula is C13H18BNO2.